The molecule has 0 unspecified atom stereocenters. The Morgan fingerprint density at radius 3 is 2.64 bits per heavy atom. The predicted octanol–water partition coefficient (Wildman–Crippen LogP) is 4.88. The highest BCUT2D eigenvalue weighted by atomic mass is 35.5. The van der Waals surface area contributed by atoms with Crippen LogP contribution in [-0.4, -0.2) is 46.7 Å². The van der Waals surface area contributed by atoms with Crippen molar-refractivity contribution in [2.75, 3.05) is 24.7 Å². The molecular formula is C23H25ClF3N7O2. The lowest BCUT2D eigenvalue weighted by Crippen LogP contribution is -2.33. The molecule has 2 aromatic carbocycles. The molecule has 192 valence electrons. The number of carbonyl (C=O) groups is 1. The van der Waals surface area contributed by atoms with Crippen molar-refractivity contribution in [2.45, 2.75) is 26.6 Å². The number of hydrogen-bond donors (Lipinski definition) is 4. The van der Waals surface area contributed by atoms with E-state index in [1.807, 2.05) is 19.2 Å². The molecule has 0 aliphatic rings. The summed E-state index contributed by atoms with van der Waals surface area (Å²) in [6, 6.07) is 7.63. The summed E-state index contributed by atoms with van der Waals surface area (Å²) < 4.78 is 44.3. The second-order valence-electron chi connectivity index (χ2n) is 8.25. The topological polar surface area (TPSA) is 131 Å². The fourth-order valence-corrected chi connectivity index (χ4v) is 3.57. The lowest BCUT2D eigenvalue weighted by atomic mass is 10.1. The maximum Gasteiger partial charge on any atom is 0.405 e. The fourth-order valence-electron chi connectivity index (χ4n) is 3.30. The fraction of sp³-hybridized carbons (Fsp3) is 0.304. The van der Waals surface area contributed by atoms with E-state index < -0.39 is 18.6 Å². The molecule has 1 heterocycles. The summed E-state index contributed by atoms with van der Waals surface area (Å²) in [7, 11) is 1.31. The second-order valence-corrected chi connectivity index (χ2v) is 8.63. The highest BCUT2D eigenvalue weighted by Crippen LogP contribution is 2.32. The molecule has 0 saturated carbocycles. The van der Waals surface area contributed by atoms with E-state index in [0.717, 1.165) is 6.21 Å². The Kier molecular flexibility index (Phi) is 8.08. The zero-order valence-electron chi connectivity index (χ0n) is 19.7. The van der Waals surface area contributed by atoms with E-state index in [1.165, 1.54) is 25.3 Å². The Morgan fingerprint density at radius 2 is 2.03 bits per heavy atom. The Balaban J connectivity index is 1.97. The summed E-state index contributed by atoms with van der Waals surface area (Å²) in [5.41, 5.74) is 7.50. The number of methoxy groups -OCH3 is 1. The van der Waals surface area contributed by atoms with Crippen LogP contribution < -0.4 is 21.1 Å². The first-order chi connectivity index (χ1) is 16.9. The number of ether oxygens (including phenoxy) is 1. The van der Waals surface area contributed by atoms with Gasteiger partial charge in [-0.2, -0.15) is 18.2 Å². The number of nitrogen functional groups attached to an aromatic ring is 1. The Bertz CT molecular complexity index is 1280. The van der Waals surface area contributed by atoms with Gasteiger partial charge < -0.3 is 26.5 Å². The van der Waals surface area contributed by atoms with Crippen molar-refractivity contribution in [3.8, 4) is 17.1 Å². The van der Waals surface area contributed by atoms with E-state index in [2.05, 4.69) is 15.4 Å². The van der Waals surface area contributed by atoms with Gasteiger partial charge in [0.1, 0.15) is 12.3 Å². The minimum absolute atomic E-state index is 0.0571. The van der Waals surface area contributed by atoms with Gasteiger partial charge in [0.2, 0.25) is 5.95 Å². The quantitative estimate of drug-likeness (QED) is 0.233. The van der Waals surface area contributed by atoms with Crippen LogP contribution in [0.4, 0.5) is 30.5 Å². The molecule has 0 radical (unpaired) electrons. The van der Waals surface area contributed by atoms with Crippen LogP contribution >= 0.6 is 11.6 Å². The van der Waals surface area contributed by atoms with E-state index in [0.29, 0.717) is 35.0 Å². The van der Waals surface area contributed by atoms with Crippen LogP contribution in [0.5, 0.6) is 5.75 Å². The van der Waals surface area contributed by atoms with Crippen molar-refractivity contribution >= 4 is 41.0 Å². The summed E-state index contributed by atoms with van der Waals surface area (Å²) in [5.74, 6) is 0.0219. The van der Waals surface area contributed by atoms with Crippen LogP contribution in [-0.2, 0) is 6.54 Å². The molecule has 13 heteroatoms. The highest BCUT2D eigenvalue weighted by Gasteiger charge is 2.28. The number of nitrogens with one attached hydrogen (secondary N) is 3. The van der Waals surface area contributed by atoms with E-state index in [4.69, 9.17) is 27.5 Å². The largest absolute Gasteiger partial charge is 0.496 e. The van der Waals surface area contributed by atoms with Gasteiger partial charge in [-0.3, -0.25) is 4.79 Å². The Morgan fingerprint density at radius 1 is 1.31 bits per heavy atom. The lowest BCUT2D eigenvalue weighted by molar-refractivity contribution is -0.123. The highest BCUT2D eigenvalue weighted by molar-refractivity contribution is 6.36. The van der Waals surface area contributed by atoms with Gasteiger partial charge in [0.15, 0.2) is 5.82 Å². The first-order valence-corrected chi connectivity index (χ1v) is 11.1. The zero-order valence-corrected chi connectivity index (χ0v) is 20.5. The molecule has 3 rings (SSSR count). The van der Waals surface area contributed by atoms with Gasteiger partial charge in [0.05, 0.1) is 23.4 Å². The number of benzene rings is 2. The average Bonchev–Trinajstić information content (AvgIpc) is 3.20. The number of halogens is 4. The smallest absolute Gasteiger partial charge is 0.405 e. The summed E-state index contributed by atoms with van der Waals surface area (Å²) in [4.78, 5) is 16.8. The monoisotopic (exact) mass is 523 g/mol. The first-order valence-electron chi connectivity index (χ1n) is 10.8. The van der Waals surface area contributed by atoms with Crippen LogP contribution in [0.25, 0.3) is 11.4 Å². The van der Waals surface area contributed by atoms with Crippen molar-refractivity contribution in [3.63, 3.8) is 0 Å². The normalized spacial score (nSPS) is 11.4. The second kappa shape index (κ2) is 10.9. The van der Waals surface area contributed by atoms with Crippen LogP contribution in [0.15, 0.2) is 30.3 Å². The molecule has 9 nitrogen and oxygen atoms in total. The first kappa shape index (κ1) is 26.8. The van der Waals surface area contributed by atoms with Gasteiger partial charge >= 0.3 is 6.18 Å². The molecule has 1 aromatic heterocycles. The van der Waals surface area contributed by atoms with Gasteiger partial charge in [-0.05, 0) is 30.2 Å². The summed E-state index contributed by atoms with van der Waals surface area (Å²) in [5, 5.41) is 17.3. The number of rotatable bonds is 9. The van der Waals surface area contributed by atoms with E-state index in [-0.39, 0.29) is 28.1 Å². The SMILES string of the molecule is COc1cc(-c2nc(Nc3ccc(N)c(C=N)c3Cl)n(CC(C)C)n2)ccc1C(=O)NCC(F)(F)F. The maximum absolute atomic E-state index is 12.5. The summed E-state index contributed by atoms with van der Waals surface area (Å²) >= 11 is 6.41. The maximum atomic E-state index is 12.5. The molecular weight excluding hydrogens is 499 g/mol. The molecule has 0 spiro atoms. The Labute approximate surface area is 210 Å². The van der Waals surface area contributed by atoms with Crippen LogP contribution in [0.1, 0.15) is 29.8 Å². The molecule has 0 atom stereocenters. The Hall–Kier alpha value is -3.80. The minimum atomic E-state index is -4.54. The van der Waals surface area contributed by atoms with Gasteiger partial charge in [0.25, 0.3) is 5.91 Å². The zero-order chi connectivity index (χ0) is 26.6. The molecule has 0 aliphatic heterocycles. The number of carbonyl (C=O) groups excluding carboxylic acids is 1. The van der Waals surface area contributed by atoms with Crippen LogP contribution in [0.2, 0.25) is 5.02 Å². The third-order valence-electron chi connectivity index (χ3n) is 4.97. The van der Waals surface area contributed by atoms with E-state index in [1.54, 1.807) is 16.8 Å². The predicted molar refractivity (Wildman–Crippen MR) is 132 cm³/mol. The number of alkyl halides is 3. The van der Waals surface area contributed by atoms with Crippen molar-refractivity contribution in [1.82, 2.24) is 20.1 Å². The summed E-state index contributed by atoms with van der Waals surface area (Å²) in [6.45, 7) is 3.06. The van der Waals surface area contributed by atoms with Gasteiger partial charge in [-0.25, -0.2) is 4.68 Å². The molecule has 3 aromatic rings. The van der Waals surface area contributed by atoms with E-state index in [9.17, 15) is 18.0 Å². The average molecular weight is 524 g/mol. The molecule has 0 fully saturated rings. The number of nitrogens with zero attached hydrogens (tertiary/aromatic N) is 3. The summed E-state index contributed by atoms with van der Waals surface area (Å²) in [6.07, 6.45) is -3.47. The van der Waals surface area contributed by atoms with Gasteiger partial charge in [0, 0.05) is 29.6 Å². The number of nitrogens with two attached hydrogens (primary N) is 1. The van der Waals surface area contributed by atoms with Crippen LogP contribution in [0.3, 0.4) is 0 Å². The van der Waals surface area contributed by atoms with Crippen molar-refractivity contribution in [1.29, 1.82) is 5.41 Å². The standard InChI is InChI=1S/C23H25ClF3N7O2/c1-12(2)10-34-22(31-17-7-6-16(29)15(9-28)19(17)24)32-20(33-34)13-4-5-14(18(8-13)36-3)21(35)30-11-23(25,26)27/h4-9,12,28H,10-11,29H2,1-3H3,(H,30,35)(H,31,32,33). The molecule has 1 amide bonds. The van der Waals surface area contributed by atoms with Gasteiger partial charge in [-0.1, -0.05) is 31.5 Å². The number of hydrogen-bond acceptors (Lipinski definition) is 7. The van der Waals surface area contributed by atoms with Gasteiger partial charge in [-0.15, -0.1) is 5.10 Å². The molecule has 36 heavy (non-hydrogen) atoms. The third-order valence-corrected chi connectivity index (χ3v) is 5.38. The molecule has 0 saturated heterocycles. The number of anilines is 3. The molecule has 5 N–H and O–H groups in total. The minimum Gasteiger partial charge on any atom is -0.496 e. The molecule has 0 bridgehead atoms. The lowest BCUT2D eigenvalue weighted by Gasteiger charge is -2.13. The third kappa shape index (κ3) is 6.25. The molecule has 0 aliphatic carbocycles. The van der Waals surface area contributed by atoms with Crippen molar-refractivity contribution in [2.24, 2.45) is 5.92 Å². The van der Waals surface area contributed by atoms with Crippen molar-refractivity contribution < 1.29 is 22.7 Å². The van der Waals surface area contributed by atoms with Crippen LogP contribution in [0, 0.1) is 11.3 Å². The number of aromatic nitrogens is 3. The number of amides is 1. The van der Waals surface area contributed by atoms with Crippen molar-refractivity contribution in [3.05, 3.63) is 46.5 Å². The van der Waals surface area contributed by atoms with E-state index >= 15 is 0 Å².